The molecule has 1 heterocycles. The number of pyridine rings is 1. The number of benzene rings is 1. The van der Waals surface area contributed by atoms with Gasteiger partial charge in [-0.1, -0.05) is 25.1 Å². The first-order chi connectivity index (χ1) is 7.77. The van der Waals surface area contributed by atoms with Gasteiger partial charge in [-0.3, -0.25) is 4.79 Å². The van der Waals surface area contributed by atoms with Crippen molar-refractivity contribution in [2.24, 2.45) is 5.73 Å². The molecule has 2 aromatic rings. The van der Waals surface area contributed by atoms with Crippen molar-refractivity contribution in [2.75, 3.05) is 0 Å². The first kappa shape index (κ1) is 10.9. The number of hydrogen-bond donors (Lipinski definition) is 1. The molecular weight excluding hydrogens is 200 g/mol. The van der Waals surface area contributed by atoms with Gasteiger partial charge in [-0.25, -0.2) is 0 Å². The van der Waals surface area contributed by atoms with Crippen molar-refractivity contribution in [3.63, 3.8) is 0 Å². The second-order valence-corrected chi connectivity index (χ2v) is 3.89. The van der Waals surface area contributed by atoms with Crippen LogP contribution in [0.1, 0.15) is 18.9 Å². The normalized spacial score (nSPS) is 10.9. The molecule has 16 heavy (non-hydrogen) atoms. The fourth-order valence-corrected chi connectivity index (χ4v) is 1.98. The molecule has 2 rings (SSSR count). The number of aryl methyl sites for hydroxylation is 1. The van der Waals surface area contributed by atoms with Crippen molar-refractivity contribution in [3.05, 3.63) is 46.2 Å². The van der Waals surface area contributed by atoms with Gasteiger partial charge in [0.05, 0.1) is 5.52 Å². The molecule has 3 heteroatoms. The number of aromatic nitrogens is 1. The van der Waals surface area contributed by atoms with Gasteiger partial charge in [0.1, 0.15) is 0 Å². The Morgan fingerprint density at radius 1 is 1.31 bits per heavy atom. The van der Waals surface area contributed by atoms with E-state index in [2.05, 4.69) is 6.92 Å². The van der Waals surface area contributed by atoms with Crippen molar-refractivity contribution < 1.29 is 0 Å². The largest absolute Gasteiger partial charge is 0.326 e. The third-order valence-corrected chi connectivity index (χ3v) is 2.74. The van der Waals surface area contributed by atoms with Crippen LogP contribution >= 0.6 is 0 Å². The zero-order valence-corrected chi connectivity index (χ0v) is 9.44. The molecule has 0 radical (unpaired) electrons. The van der Waals surface area contributed by atoms with Gasteiger partial charge in [0.25, 0.3) is 5.56 Å². The highest BCUT2D eigenvalue weighted by atomic mass is 16.1. The number of nitrogens with zero attached hydrogens (tertiary/aromatic N) is 1. The molecule has 3 nitrogen and oxygen atoms in total. The summed E-state index contributed by atoms with van der Waals surface area (Å²) in [5.74, 6) is 0. The van der Waals surface area contributed by atoms with Crippen molar-refractivity contribution in [2.45, 2.75) is 26.4 Å². The minimum absolute atomic E-state index is 0.0445. The lowest BCUT2D eigenvalue weighted by Gasteiger charge is -2.11. The van der Waals surface area contributed by atoms with Crippen LogP contribution in [0.2, 0.25) is 0 Å². The molecule has 0 fully saturated rings. The molecule has 0 aliphatic carbocycles. The highest BCUT2D eigenvalue weighted by Gasteiger charge is 2.06. The van der Waals surface area contributed by atoms with Crippen LogP contribution in [-0.2, 0) is 13.1 Å². The number of para-hydroxylation sites is 1. The minimum Gasteiger partial charge on any atom is -0.326 e. The highest BCUT2D eigenvalue weighted by molar-refractivity contribution is 5.79. The molecule has 0 unspecified atom stereocenters. The van der Waals surface area contributed by atoms with E-state index in [1.54, 1.807) is 0 Å². The molecule has 0 spiro atoms. The van der Waals surface area contributed by atoms with E-state index < -0.39 is 0 Å². The van der Waals surface area contributed by atoms with Gasteiger partial charge in [0.15, 0.2) is 0 Å². The first-order valence-corrected chi connectivity index (χ1v) is 5.59. The maximum absolute atomic E-state index is 12.1. The Kier molecular flexibility index (Phi) is 3.06. The topological polar surface area (TPSA) is 48.0 Å². The van der Waals surface area contributed by atoms with E-state index >= 15 is 0 Å². The summed E-state index contributed by atoms with van der Waals surface area (Å²) in [6, 6.07) is 9.82. The molecule has 0 aliphatic heterocycles. The Labute approximate surface area is 94.5 Å². The number of nitrogens with two attached hydrogens (primary N) is 1. The van der Waals surface area contributed by atoms with Crippen LogP contribution in [0.4, 0.5) is 0 Å². The van der Waals surface area contributed by atoms with Crippen LogP contribution < -0.4 is 11.3 Å². The van der Waals surface area contributed by atoms with Gasteiger partial charge in [-0.2, -0.15) is 0 Å². The summed E-state index contributed by atoms with van der Waals surface area (Å²) in [5.41, 5.74) is 7.32. The molecule has 84 valence electrons. The average Bonchev–Trinajstić information content (AvgIpc) is 2.32. The van der Waals surface area contributed by atoms with E-state index in [1.807, 2.05) is 34.9 Å². The SMILES string of the molecule is CCCn1c(=O)c(CN)cc2ccccc21. The summed E-state index contributed by atoms with van der Waals surface area (Å²) in [7, 11) is 0. The maximum Gasteiger partial charge on any atom is 0.255 e. The van der Waals surface area contributed by atoms with E-state index in [9.17, 15) is 4.79 Å². The molecular formula is C13H16N2O. The lowest BCUT2D eigenvalue weighted by molar-refractivity contribution is 0.671. The van der Waals surface area contributed by atoms with Crippen molar-refractivity contribution in [3.8, 4) is 0 Å². The predicted octanol–water partition coefficient (Wildman–Crippen LogP) is 1.87. The van der Waals surface area contributed by atoms with Gasteiger partial charge < -0.3 is 10.3 Å². The fraction of sp³-hybridized carbons (Fsp3) is 0.308. The van der Waals surface area contributed by atoms with Gasteiger partial charge in [-0.05, 0) is 23.9 Å². The molecule has 0 bridgehead atoms. The molecule has 0 saturated carbocycles. The van der Waals surface area contributed by atoms with Crippen LogP contribution in [0.3, 0.4) is 0 Å². The lowest BCUT2D eigenvalue weighted by atomic mass is 10.1. The smallest absolute Gasteiger partial charge is 0.255 e. The van der Waals surface area contributed by atoms with E-state index in [4.69, 9.17) is 5.73 Å². The third-order valence-electron chi connectivity index (χ3n) is 2.74. The Morgan fingerprint density at radius 3 is 2.75 bits per heavy atom. The standard InChI is InChI=1S/C13H16N2O/c1-2-7-15-12-6-4-3-5-10(12)8-11(9-14)13(15)16/h3-6,8H,2,7,9,14H2,1H3. The Morgan fingerprint density at radius 2 is 2.06 bits per heavy atom. The molecule has 1 aromatic heterocycles. The zero-order chi connectivity index (χ0) is 11.5. The summed E-state index contributed by atoms with van der Waals surface area (Å²) in [6.45, 7) is 3.11. The maximum atomic E-state index is 12.1. The Hall–Kier alpha value is -1.61. The predicted molar refractivity (Wildman–Crippen MR) is 66.4 cm³/mol. The Balaban J connectivity index is 2.80. The average molecular weight is 216 g/mol. The van der Waals surface area contributed by atoms with Gasteiger partial charge >= 0.3 is 0 Å². The van der Waals surface area contributed by atoms with E-state index in [0.29, 0.717) is 12.1 Å². The van der Waals surface area contributed by atoms with Gasteiger partial charge in [0, 0.05) is 18.7 Å². The first-order valence-electron chi connectivity index (χ1n) is 5.59. The summed E-state index contributed by atoms with van der Waals surface area (Å²) in [5, 5.41) is 1.08. The number of hydrogen-bond acceptors (Lipinski definition) is 2. The van der Waals surface area contributed by atoms with Crippen molar-refractivity contribution in [1.82, 2.24) is 4.57 Å². The van der Waals surface area contributed by atoms with Crippen LogP contribution in [0.5, 0.6) is 0 Å². The van der Waals surface area contributed by atoms with E-state index in [1.165, 1.54) is 0 Å². The summed E-state index contributed by atoms with van der Waals surface area (Å²) in [6.07, 6.45) is 0.942. The summed E-state index contributed by atoms with van der Waals surface area (Å²) in [4.78, 5) is 12.1. The van der Waals surface area contributed by atoms with Crippen molar-refractivity contribution >= 4 is 10.9 Å². The molecule has 0 aliphatic rings. The number of rotatable bonds is 3. The minimum atomic E-state index is 0.0445. The second kappa shape index (κ2) is 4.49. The summed E-state index contributed by atoms with van der Waals surface area (Å²) >= 11 is 0. The second-order valence-electron chi connectivity index (χ2n) is 3.89. The molecule has 0 saturated heterocycles. The Bertz CT molecular complexity index is 557. The summed E-state index contributed by atoms with van der Waals surface area (Å²) < 4.78 is 1.82. The van der Waals surface area contributed by atoms with E-state index in [0.717, 1.165) is 23.9 Å². The molecule has 0 amide bonds. The quantitative estimate of drug-likeness (QED) is 0.851. The number of fused-ring (bicyclic) bond motifs is 1. The molecule has 1 aromatic carbocycles. The third kappa shape index (κ3) is 1.74. The highest BCUT2D eigenvalue weighted by Crippen LogP contribution is 2.13. The molecule has 2 N–H and O–H groups in total. The lowest BCUT2D eigenvalue weighted by Crippen LogP contribution is -2.25. The fourth-order valence-electron chi connectivity index (χ4n) is 1.98. The van der Waals surface area contributed by atoms with Crippen LogP contribution in [0, 0.1) is 0 Å². The van der Waals surface area contributed by atoms with Crippen LogP contribution in [0.25, 0.3) is 10.9 Å². The van der Waals surface area contributed by atoms with Gasteiger partial charge in [0.2, 0.25) is 0 Å². The zero-order valence-electron chi connectivity index (χ0n) is 9.44. The van der Waals surface area contributed by atoms with Gasteiger partial charge in [-0.15, -0.1) is 0 Å². The van der Waals surface area contributed by atoms with E-state index in [-0.39, 0.29) is 5.56 Å². The monoisotopic (exact) mass is 216 g/mol. The van der Waals surface area contributed by atoms with Crippen LogP contribution in [-0.4, -0.2) is 4.57 Å². The van der Waals surface area contributed by atoms with Crippen LogP contribution in [0.15, 0.2) is 35.1 Å². The van der Waals surface area contributed by atoms with Crippen molar-refractivity contribution in [1.29, 1.82) is 0 Å². The molecule has 0 atom stereocenters.